The van der Waals surface area contributed by atoms with Gasteiger partial charge in [-0.2, -0.15) is 0 Å². The summed E-state index contributed by atoms with van der Waals surface area (Å²) >= 11 is 5.96. The first-order valence-electron chi connectivity index (χ1n) is 6.14. The molecule has 1 N–H and O–H groups in total. The van der Waals surface area contributed by atoms with E-state index in [1.54, 1.807) is 6.07 Å². The van der Waals surface area contributed by atoms with E-state index in [9.17, 15) is 0 Å². The Morgan fingerprint density at radius 2 is 2.24 bits per heavy atom. The van der Waals surface area contributed by atoms with Crippen molar-refractivity contribution in [3.8, 4) is 0 Å². The average Bonchev–Trinajstić information content (AvgIpc) is 2.13. The fourth-order valence-electron chi connectivity index (χ4n) is 2.05. The molecular weight excluding hydrogens is 236 g/mol. The lowest BCUT2D eigenvalue weighted by atomic mass is 10.1. The fourth-order valence-corrected chi connectivity index (χ4v) is 2.31. The highest BCUT2D eigenvalue weighted by Gasteiger charge is 2.24. The van der Waals surface area contributed by atoms with Gasteiger partial charge in [-0.25, -0.2) is 9.97 Å². The van der Waals surface area contributed by atoms with Gasteiger partial charge in [0.15, 0.2) is 0 Å². The van der Waals surface area contributed by atoms with E-state index in [2.05, 4.69) is 27.1 Å². The van der Waals surface area contributed by atoms with Gasteiger partial charge in [-0.15, -0.1) is 0 Å². The van der Waals surface area contributed by atoms with Crippen LogP contribution < -0.4 is 5.32 Å². The molecule has 0 bridgehead atoms. The molecule has 1 saturated heterocycles. The molecule has 0 aliphatic carbocycles. The highest BCUT2D eigenvalue weighted by molar-refractivity contribution is 6.29. The van der Waals surface area contributed by atoms with Crippen LogP contribution in [0.5, 0.6) is 0 Å². The molecule has 17 heavy (non-hydrogen) atoms. The molecule has 1 aliphatic heterocycles. The topological polar surface area (TPSA) is 41.1 Å². The van der Waals surface area contributed by atoms with Gasteiger partial charge >= 0.3 is 0 Å². The Morgan fingerprint density at radius 1 is 1.47 bits per heavy atom. The van der Waals surface area contributed by atoms with Crippen molar-refractivity contribution in [1.29, 1.82) is 0 Å². The number of aromatic nitrogens is 2. The Hall–Kier alpha value is -0.710. The lowest BCUT2D eigenvalue weighted by Gasteiger charge is -2.37. The lowest BCUT2D eigenvalue weighted by Crippen LogP contribution is -2.57. The van der Waals surface area contributed by atoms with Crippen LogP contribution in [0, 0.1) is 6.92 Å². The second-order valence-corrected chi connectivity index (χ2v) is 4.92. The molecular formula is C12H19ClN4. The number of halogens is 1. The fraction of sp³-hybridized carbons (Fsp3) is 0.667. The minimum absolute atomic E-state index is 0.538. The minimum Gasteiger partial charge on any atom is -0.314 e. The second kappa shape index (κ2) is 5.76. The van der Waals surface area contributed by atoms with Crippen molar-refractivity contribution >= 4 is 11.6 Å². The maximum atomic E-state index is 5.96. The molecule has 1 aliphatic rings. The molecule has 2 rings (SSSR count). The minimum atomic E-state index is 0.538. The Bertz CT molecular complexity index is 359. The van der Waals surface area contributed by atoms with Crippen LogP contribution in [0.1, 0.15) is 24.9 Å². The van der Waals surface area contributed by atoms with Crippen LogP contribution in [0.2, 0.25) is 5.15 Å². The number of aryl methyl sites for hydroxylation is 1. The summed E-state index contributed by atoms with van der Waals surface area (Å²) in [7, 11) is 0. The number of rotatable bonds is 5. The molecule has 0 aromatic carbocycles. The van der Waals surface area contributed by atoms with Crippen molar-refractivity contribution in [1.82, 2.24) is 20.2 Å². The van der Waals surface area contributed by atoms with Gasteiger partial charge < -0.3 is 5.32 Å². The van der Waals surface area contributed by atoms with Crippen LogP contribution in [0.25, 0.3) is 0 Å². The molecule has 0 atom stereocenters. The Balaban J connectivity index is 2.05. The SMILES string of the molecule is CCCN(Cc1nc(C)cc(Cl)n1)C1CNC1. The van der Waals surface area contributed by atoms with Crippen molar-refractivity contribution in [2.45, 2.75) is 32.9 Å². The molecule has 1 fully saturated rings. The van der Waals surface area contributed by atoms with Gasteiger partial charge in [-0.3, -0.25) is 4.90 Å². The van der Waals surface area contributed by atoms with E-state index in [1.807, 2.05) is 6.92 Å². The molecule has 5 heteroatoms. The largest absolute Gasteiger partial charge is 0.314 e. The van der Waals surface area contributed by atoms with Crippen molar-refractivity contribution < 1.29 is 0 Å². The molecule has 0 amide bonds. The van der Waals surface area contributed by atoms with Gasteiger partial charge in [0.25, 0.3) is 0 Å². The summed E-state index contributed by atoms with van der Waals surface area (Å²) in [6.45, 7) is 8.16. The van der Waals surface area contributed by atoms with Crippen LogP contribution in [0.4, 0.5) is 0 Å². The van der Waals surface area contributed by atoms with E-state index in [4.69, 9.17) is 11.6 Å². The number of hydrogen-bond donors (Lipinski definition) is 1. The third kappa shape index (κ3) is 3.37. The predicted molar refractivity (Wildman–Crippen MR) is 69.1 cm³/mol. The zero-order valence-corrected chi connectivity index (χ0v) is 11.2. The first-order chi connectivity index (χ1) is 8.19. The standard InChI is InChI=1S/C12H19ClN4/c1-3-4-17(10-6-14-7-10)8-12-15-9(2)5-11(13)16-12/h5,10,14H,3-4,6-8H2,1-2H3. The molecule has 1 aromatic heterocycles. The summed E-state index contributed by atoms with van der Waals surface area (Å²) in [6, 6.07) is 2.41. The molecule has 0 radical (unpaired) electrons. The smallest absolute Gasteiger partial charge is 0.144 e. The first kappa shape index (κ1) is 12.7. The highest BCUT2D eigenvalue weighted by Crippen LogP contribution is 2.12. The molecule has 4 nitrogen and oxygen atoms in total. The summed E-state index contributed by atoms with van der Waals surface area (Å²) in [5, 5.41) is 3.84. The lowest BCUT2D eigenvalue weighted by molar-refractivity contribution is 0.134. The van der Waals surface area contributed by atoms with Crippen LogP contribution in [-0.2, 0) is 6.54 Å². The summed E-state index contributed by atoms with van der Waals surface area (Å²) in [6.07, 6.45) is 1.15. The van der Waals surface area contributed by atoms with E-state index < -0.39 is 0 Å². The third-order valence-electron chi connectivity index (χ3n) is 3.00. The van der Waals surface area contributed by atoms with Crippen LogP contribution in [0.3, 0.4) is 0 Å². The summed E-state index contributed by atoms with van der Waals surface area (Å²) in [5.41, 5.74) is 0.934. The Kier molecular flexibility index (Phi) is 4.31. The maximum Gasteiger partial charge on any atom is 0.144 e. The molecule has 2 heterocycles. The maximum absolute atomic E-state index is 5.96. The third-order valence-corrected chi connectivity index (χ3v) is 3.19. The molecule has 0 spiro atoms. The zero-order chi connectivity index (χ0) is 12.3. The number of hydrogen-bond acceptors (Lipinski definition) is 4. The van der Waals surface area contributed by atoms with Crippen molar-refractivity contribution in [3.05, 3.63) is 22.7 Å². The van der Waals surface area contributed by atoms with Gasteiger partial charge in [0.1, 0.15) is 11.0 Å². The van der Waals surface area contributed by atoms with E-state index in [-0.39, 0.29) is 0 Å². The summed E-state index contributed by atoms with van der Waals surface area (Å²) < 4.78 is 0. The van der Waals surface area contributed by atoms with Gasteiger partial charge in [0, 0.05) is 24.8 Å². The first-order valence-corrected chi connectivity index (χ1v) is 6.51. The van der Waals surface area contributed by atoms with Crippen LogP contribution >= 0.6 is 11.6 Å². The Morgan fingerprint density at radius 3 is 2.76 bits per heavy atom. The Labute approximate surface area is 107 Å². The number of nitrogens with zero attached hydrogens (tertiary/aromatic N) is 3. The zero-order valence-electron chi connectivity index (χ0n) is 10.4. The van der Waals surface area contributed by atoms with Gasteiger partial charge in [0.05, 0.1) is 6.54 Å². The van der Waals surface area contributed by atoms with E-state index in [0.717, 1.165) is 44.1 Å². The molecule has 94 valence electrons. The normalized spacial score (nSPS) is 16.2. The predicted octanol–water partition coefficient (Wildman–Crippen LogP) is 1.62. The van der Waals surface area contributed by atoms with E-state index in [0.29, 0.717) is 11.2 Å². The highest BCUT2D eigenvalue weighted by atomic mass is 35.5. The van der Waals surface area contributed by atoms with E-state index >= 15 is 0 Å². The number of nitrogens with one attached hydrogen (secondary N) is 1. The second-order valence-electron chi connectivity index (χ2n) is 4.53. The molecule has 0 saturated carbocycles. The summed E-state index contributed by atoms with van der Waals surface area (Å²) in [4.78, 5) is 11.2. The summed E-state index contributed by atoms with van der Waals surface area (Å²) in [5.74, 6) is 0.829. The van der Waals surface area contributed by atoms with Crippen LogP contribution in [-0.4, -0.2) is 40.5 Å². The van der Waals surface area contributed by atoms with Gasteiger partial charge in [-0.05, 0) is 26.0 Å². The average molecular weight is 255 g/mol. The van der Waals surface area contributed by atoms with Crippen molar-refractivity contribution in [2.75, 3.05) is 19.6 Å². The quantitative estimate of drug-likeness (QED) is 0.811. The molecule has 1 aromatic rings. The van der Waals surface area contributed by atoms with Gasteiger partial charge in [0.2, 0.25) is 0 Å². The van der Waals surface area contributed by atoms with Gasteiger partial charge in [-0.1, -0.05) is 18.5 Å². The monoisotopic (exact) mass is 254 g/mol. The molecule has 0 unspecified atom stereocenters. The van der Waals surface area contributed by atoms with E-state index in [1.165, 1.54) is 0 Å². The van der Waals surface area contributed by atoms with Crippen LogP contribution in [0.15, 0.2) is 6.07 Å². The van der Waals surface area contributed by atoms with Crippen molar-refractivity contribution in [3.63, 3.8) is 0 Å². The van der Waals surface area contributed by atoms with Crippen molar-refractivity contribution in [2.24, 2.45) is 0 Å².